The summed E-state index contributed by atoms with van der Waals surface area (Å²) in [5.41, 5.74) is 2.68. The standard InChI is InChI=1S/C20H24ClN7/c1-5-7-16(21)19-20(28(4)14(3)15-8-6-9-22-11-15)25-18(12-23-19)24-17-10-13(2)26-27-17/h6-12,14H,5H2,1-4H3,(H2,24,25,26,27)/b16-7-. The number of hydrogen-bond acceptors (Lipinski definition) is 6. The van der Waals surface area contributed by atoms with Crippen LogP contribution in [0.1, 0.15) is 43.3 Å². The van der Waals surface area contributed by atoms with Gasteiger partial charge in [-0.3, -0.25) is 10.1 Å². The van der Waals surface area contributed by atoms with E-state index in [9.17, 15) is 0 Å². The smallest absolute Gasteiger partial charge is 0.158 e. The van der Waals surface area contributed by atoms with E-state index >= 15 is 0 Å². The van der Waals surface area contributed by atoms with Crippen LogP contribution < -0.4 is 10.2 Å². The second kappa shape index (κ2) is 8.84. The normalized spacial score (nSPS) is 12.7. The topological polar surface area (TPSA) is 82.6 Å². The first kappa shape index (κ1) is 19.8. The van der Waals surface area contributed by atoms with Crippen molar-refractivity contribution in [3.63, 3.8) is 0 Å². The summed E-state index contributed by atoms with van der Waals surface area (Å²) in [6.45, 7) is 6.07. The molecular formula is C20H24ClN7. The molecule has 7 nitrogen and oxygen atoms in total. The number of rotatable bonds is 7. The number of aromatic nitrogens is 5. The predicted octanol–water partition coefficient (Wildman–Crippen LogP) is 4.83. The number of aryl methyl sites for hydroxylation is 1. The highest BCUT2D eigenvalue weighted by Gasteiger charge is 2.20. The van der Waals surface area contributed by atoms with E-state index in [0.717, 1.165) is 17.7 Å². The van der Waals surface area contributed by atoms with Crippen LogP contribution in [0, 0.1) is 6.92 Å². The molecule has 0 bridgehead atoms. The molecule has 0 saturated carbocycles. The van der Waals surface area contributed by atoms with Crippen LogP contribution in [0.25, 0.3) is 5.03 Å². The molecule has 0 spiro atoms. The van der Waals surface area contributed by atoms with E-state index in [-0.39, 0.29) is 6.04 Å². The lowest BCUT2D eigenvalue weighted by Gasteiger charge is -2.27. The summed E-state index contributed by atoms with van der Waals surface area (Å²) in [6.07, 6.45) is 8.03. The summed E-state index contributed by atoms with van der Waals surface area (Å²) in [5.74, 6) is 1.96. The van der Waals surface area contributed by atoms with E-state index in [0.29, 0.717) is 28.2 Å². The van der Waals surface area contributed by atoms with Crippen molar-refractivity contribution in [3.8, 4) is 0 Å². The molecule has 0 radical (unpaired) electrons. The Morgan fingerprint density at radius 3 is 2.82 bits per heavy atom. The maximum absolute atomic E-state index is 6.50. The van der Waals surface area contributed by atoms with E-state index in [1.807, 2.05) is 56.3 Å². The van der Waals surface area contributed by atoms with Crippen LogP contribution in [0.15, 0.2) is 42.9 Å². The van der Waals surface area contributed by atoms with Gasteiger partial charge in [0.2, 0.25) is 0 Å². The summed E-state index contributed by atoms with van der Waals surface area (Å²) >= 11 is 6.50. The summed E-state index contributed by atoms with van der Waals surface area (Å²) in [7, 11) is 1.98. The number of anilines is 3. The van der Waals surface area contributed by atoms with E-state index < -0.39 is 0 Å². The van der Waals surface area contributed by atoms with E-state index in [2.05, 4.69) is 32.4 Å². The molecule has 0 aromatic carbocycles. The van der Waals surface area contributed by atoms with Gasteiger partial charge in [-0.05, 0) is 31.9 Å². The average Bonchev–Trinajstić information content (AvgIpc) is 3.12. The van der Waals surface area contributed by atoms with Crippen LogP contribution in [0.3, 0.4) is 0 Å². The van der Waals surface area contributed by atoms with Gasteiger partial charge < -0.3 is 10.2 Å². The Morgan fingerprint density at radius 1 is 1.36 bits per heavy atom. The lowest BCUT2D eigenvalue weighted by atomic mass is 10.1. The Balaban J connectivity index is 1.99. The third kappa shape index (κ3) is 4.48. The Labute approximate surface area is 169 Å². The highest BCUT2D eigenvalue weighted by atomic mass is 35.5. The fraction of sp³-hybridized carbons (Fsp3) is 0.300. The second-order valence-corrected chi connectivity index (χ2v) is 6.93. The van der Waals surface area contributed by atoms with Crippen molar-refractivity contribution in [1.29, 1.82) is 0 Å². The van der Waals surface area contributed by atoms with Crippen molar-refractivity contribution >= 4 is 34.1 Å². The summed E-state index contributed by atoms with van der Waals surface area (Å²) in [4.78, 5) is 15.6. The largest absolute Gasteiger partial charge is 0.351 e. The van der Waals surface area contributed by atoms with Gasteiger partial charge in [-0.2, -0.15) is 5.10 Å². The van der Waals surface area contributed by atoms with Crippen LogP contribution in [0.5, 0.6) is 0 Å². The van der Waals surface area contributed by atoms with Crippen molar-refractivity contribution in [2.45, 2.75) is 33.2 Å². The molecular weight excluding hydrogens is 374 g/mol. The number of nitrogens with zero attached hydrogens (tertiary/aromatic N) is 5. The minimum Gasteiger partial charge on any atom is -0.351 e. The van der Waals surface area contributed by atoms with Crippen molar-refractivity contribution in [3.05, 3.63) is 59.8 Å². The molecule has 2 N–H and O–H groups in total. The maximum Gasteiger partial charge on any atom is 0.158 e. The van der Waals surface area contributed by atoms with Crippen molar-refractivity contribution in [2.75, 3.05) is 17.3 Å². The highest BCUT2D eigenvalue weighted by Crippen LogP contribution is 2.32. The summed E-state index contributed by atoms with van der Waals surface area (Å²) < 4.78 is 0. The molecule has 3 aromatic heterocycles. The Kier molecular flexibility index (Phi) is 6.26. The molecule has 1 atom stereocenters. The first-order chi connectivity index (χ1) is 13.5. The van der Waals surface area contributed by atoms with Crippen LogP contribution >= 0.6 is 11.6 Å². The number of nitrogens with one attached hydrogen (secondary N) is 2. The number of pyridine rings is 1. The third-order valence-electron chi connectivity index (χ3n) is 4.41. The van der Waals surface area contributed by atoms with Gasteiger partial charge in [-0.15, -0.1) is 0 Å². The maximum atomic E-state index is 6.50. The Hall–Kier alpha value is -2.93. The van der Waals surface area contributed by atoms with Crippen molar-refractivity contribution in [2.24, 2.45) is 0 Å². The van der Waals surface area contributed by atoms with E-state index in [4.69, 9.17) is 16.6 Å². The van der Waals surface area contributed by atoms with Gasteiger partial charge in [0.05, 0.1) is 17.3 Å². The molecule has 0 fully saturated rings. The monoisotopic (exact) mass is 397 g/mol. The van der Waals surface area contributed by atoms with Crippen LogP contribution in [-0.4, -0.2) is 32.2 Å². The zero-order valence-corrected chi connectivity index (χ0v) is 17.2. The first-order valence-corrected chi connectivity index (χ1v) is 9.52. The predicted molar refractivity (Wildman–Crippen MR) is 114 cm³/mol. The number of aromatic amines is 1. The molecule has 0 amide bonds. The van der Waals surface area contributed by atoms with Gasteiger partial charge in [0.1, 0.15) is 5.69 Å². The molecule has 0 saturated heterocycles. The van der Waals surface area contributed by atoms with Gasteiger partial charge >= 0.3 is 0 Å². The number of hydrogen-bond donors (Lipinski definition) is 2. The lowest BCUT2D eigenvalue weighted by molar-refractivity contribution is 0.722. The first-order valence-electron chi connectivity index (χ1n) is 9.14. The zero-order valence-electron chi connectivity index (χ0n) is 16.4. The molecule has 3 rings (SSSR count). The number of allylic oxidation sites excluding steroid dienone is 1. The fourth-order valence-electron chi connectivity index (χ4n) is 2.77. The Morgan fingerprint density at radius 2 is 2.18 bits per heavy atom. The Bertz CT molecular complexity index is 952. The molecule has 146 valence electrons. The fourth-order valence-corrected chi connectivity index (χ4v) is 3.06. The SMILES string of the molecule is CC/C=C(\Cl)c1ncc(Nc2cc(C)[nH]n2)nc1N(C)C(C)c1cccnc1. The molecule has 0 aliphatic heterocycles. The molecule has 3 heterocycles. The van der Waals surface area contributed by atoms with Gasteiger partial charge in [-0.25, -0.2) is 9.97 Å². The van der Waals surface area contributed by atoms with Crippen LogP contribution in [-0.2, 0) is 0 Å². The third-order valence-corrected chi connectivity index (χ3v) is 4.74. The lowest BCUT2D eigenvalue weighted by Crippen LogP contribution is -2.24. The van der Waals surface area contributed by atoms with Gasteiger partial charge in [-0.1, -0.05) is 30.7 Å². The van der Waals surface area contributed by atoms with Gasteiger partial charge in [0, 0.05) is 31.2 Å². The van der Waals surface area contributed by atoms with Gasteiger partial charge in [0.15, 0.2) is 17.5 Å². The van der Waals surface area contributed by atoms with Crippen molar-refractivity contribution < 1.29 is 0 Å². The number of halogens is 1. The number of H-pyrrole nitrogens is 1. The van der Waals surface area contributed by atoms with E-state index in [1.54, 1.807) is 12.4 Å². The molecule has 0 aliphatic carbocycles. The zero-order chi connectivity index (χ0) is 20.1. The highest BCUT2D eigenvalue weighted by molar-refractivity contribution is 6.48. The van der Waals surface area contributed by atoms with Crippen LogP contribution in [0.4, 0.5) is 17.5 Å². The van der Waals surface area contributed by atoms with Crippen molar-refractivity contribution in [1.82, 2.24) is 25.1 Å². The minimum atomic E-state index is 0.0377. The molecule has 8 heteroatoms. The summed E-state index contributed by atoms with van der Waals surface area (Å²) in [5, 5.41) is 10.9. The second-order valence-electron chi connectivity index (χ2n) is 6.52. The molecule has 28 heavy (non-hydrogen) atoms. The molecule has 0 aliphatic rings. The van der Waals surface area contributed by atoms with Gasteiger partial charge in [0.25, 0.3) is 0 Å². The van der Waals surface area contributed by atoms with Crippen LogP contribution in [0.2, 0.25) is 0 Å². The molecule has 3 aromatic rings. The summed E-state index contributed by atoms with van der Waals surface area (Å²) in [6, 6.07) is 5.91. The molecule has 1 unspecified atom stereocenters. The quantitative estimate of drug-likeness (QED) is 0.593. The van der Waals surface area contributed by atoms with E-state index in [1.165, 1.54) is 0 Å². The minimum absolute atomic E-state index is 0.0377. The average molecular weight is 398 g/mol.